The van der Waals surface area contributed by atoms with Gasteiger partial charge in [-0.15, -0.1) is 12.6 Å². The fraction of sp³-hybridized carbons (Fsp3) is 0.500. The lowest BCUT2D eigenvalue weighted by Crippen LogP contribution is -1.81. The van der Waals surface area contributed by atoms with E-state index in [-0.39, 0.29) is 0 Å². The Kier molecular flexibility index (Phi) is 0.692. The minimum Gasteiger partial charge on any atom is -0.148 e. The van der Waals surface area contributed by atoms with Gasteiger partial charge in [0.05, 0.1) is 0 Å². The van der Waals surface area contributed by atoms with Gasteiger partial charge in [-0.2, -0.15) is 0 Å². The van der Waals surface area contributed by atoms with Crippen LogP contribution >= 0.6 is 12.6 Å². The van der Waals surface area contributed by atoms with Crippen LogP contribution in [0.5, 0.6) is 0 Å². The van der Waals surface area contributed by atoms with Crippen LogP contribution < -0.4 is 0 Å². The maximum atomic E-state index is 4.05. The Balaban J connectivity index is 2.51. The summed E-state index contributed by atoms with van der Waals surface area (Å²) in [5.74, 6) is 0. The number of allylic oxidation sites excluding steroid dienone is 2. The highest BCUT2D eigenvalue weighted by atomic mass is 32.1. The Labute approximate surface area is 37.3 Å². The second-order valence-electron chi connectivity index (χ2n) is 1.23. The third-order valence-electron chi connectivity index (χ3n) is 0.780. The first-order valence-electron chi connectivity index (χ1n) is 1.77. The average molecular weight is 86.2 g/mol. The molecule has 1 aliphatic rings. The summed E-state index contributed by atoms with van der Waals surface area (Å²) in [6.07, 6.45) is 4.59. The Hall–Kier alpha value is 0.0900. The summed E-state index contributed by atoms with van der Waals surface area (Å²) in [7, 11) is 0. The van der Waals surface area contributed by atoms with Crippen molar-refractivity contribution in [2.24, 2.45) is 0 Å². The van der Waals surface area contributed by atoms with Gasteiger partial charge in [-0.25, -0.2) is 0 Å². The molecule has 0 N–H and O–H groups in total. The SMILES string of the molecule is SC1=CCC1. The van der Waals surface area contributed by atoms with Crippen molar-refractivity contribution in [2.45, 2.75) is 12.8 Å². The minimum atomic E-state index is 1.21. The van der Waals surface area contributed by atoms with E-state index in [2.05, 4.69) is 18.7 Å². The first-order chi connectivity index (χ1) is 2.39. The molecule has 1 aliphatic carbocycles. The third-order valence-corrected chi connectivity index (χ3v) is 1.19. The molecule has 0 aromatic rings. The lowest BCUT2D eigenvalue weighted by atomic mass is 10.1. The Bertz CT molecular complexity index is 64.0. The van der Waals surface area contributed by atoms with E-state index < -0.39 is 0 Å². The summed E-state index contributed by atoms with van der Waals surface area (Å²) in [5.41, 5.74) is 0. The highest BCUT2D eigenvalue weighted by molar-refractivity contribution is 7.84. The highest BCUT2D eigenvalue weighted by Crippen LogP contribution is 2.19. The largest absolute Gasteiger partial charge is 0.148 e. The normalized spacial score (nSPS) is 20.6. The van der Waals surface area contributed by atoms with Crippen molar-refractivity contribution in [3.05, 3.63) is 11.0 Å². The predicted molar refractivity (Wildman–Crippen MR) is 26.3 cm³/mol. The topological polar surface area (TPSA) is 0 Å². The Morgan fingerprint density at radius 3 is 2.20 bits per heavy atom. The minimum absolute atomic E-state index is 1.21. The summed E-state index contributed by atoms with van der Waals surface area (Å²) in [6.45, 7) is 0. The van der Waals surface area contributed by atoms with Gasteiger partial charge in [0, 0.05) is 0 Å². The van der Waals surface area contributed by atoms with E-state index in [1.54, 1.807) is 0 Å². The van der Waals surface area contributed by atoms with Crippen molar-refractivity contribution in [1.29, 1.82) is 0 Å². The zero-order valence-electron chi connectivity index (χ0n) is 2.94. The fourth-order valence-electron chi connectivity index (χ4n) is 0.273. The van der Waals surface area contributed by atoms with Crippen LogP contribution in [0.3, 0.4) is 0 Å². The van der Waals surface area contributed by atoms with E-state index in [0.29, 0.717) is 0 Å². The molecule has 0 amide bonds. The summed E-state index contributed by atoms with van der Waals surface area (Å²) < 4.78 is 0. The fourth-order valence-corrected chi connectivity index (χ4v) is 0.532. The Morgan fingerprint density at radius 1 is 1.80 bits per heavy atom. The van der Waals surface area contributed by atoms with Gasteiger partial charge in [-0.1, -0.05) is 6.08 Å². The van der Waals surface area contributed by atoms with Gasteiger partial charge < -0.3 is 0 Å². The van der Waals surface area contributed by atoms with Gasteiger partial charge in [0.25, 0.3) is 0 Å². The molecule has 0 unspecified atom stereocenters. The van der Waals surface area contributed by atoms with Crippen molar-refractivity contribution in [3.8, 4) is 0 Å². The molecule has 0 aromatic heterocycles. The van der Waals surface area contributed by atoms with Crippen molar-refractivity contribution in [1.82, 2.24) is 0 Å². The van der Waals surface area contributed by atoms with Crippen LogP contribution in [0.4, 0.5) is 0 Å². The van der Waals surface area contributed by atoms with Gasteiger partial charge in [0.1, 0.15) is 0 Å². The standard InChI is InChI=1S/C4H6S/c5-4-2-1-3-4/h2,5H,1,3H2. The third kappa shape index (κ3) is 0.482. The maximum Gasteiger partial charge on any atom is -0.0189 e. The number of thiol groups is 1. The van der Waals surface area contributed by atoms with Gasteiger partial charge >= 0.3 is 0 Å². The molecule has 0 nitrogen and oxygen atoms in total. The maximum absolute atomic E-state index is 4.05. The molecule has 0 spiro atoms. The van der Waals surface area contributed by atoms with Crippen LogP contribution in [-0.4, -0.2) is 0 Å². The van der Waals surface area contributed by atoms with Crippen molar-refractivity contribution >= 4 is 12.6 Å². The predicted octanol–water partition coefficient (Wildman–Crippen LogP) is 1.59. The van der Waals surface area contributed by atoms with Crippen LogP contribution in [0.1, 0.15) is 12.8 Å². The first-order valence-corrected chi connectivity index (χ1v) is 2.22. The van der Waals surface area contributed by atoms with Crippen molar-refractivity contribution in [2.75, 3.05) is 0 Å². The van der Waals surface area contributed by atoms with Crippen LogP contribution in [0.15, 0.2) is 11.0 Å². The molecular weight excluding hydrogens is 80.1 g/mol. The molecular formula is C4H6S. The first kappa shape index (κ1) is 3.29. The number of hydrogen-bond donors (Lipinski definition) is 1. The number of rotatable bonds is 0. The molecule has 1 rings (SSSR count). The van der Waals surface area contributed by atoms with Crippen LogP contribution in [-0.2, 0) is 0 Å². The molecule has 5 heavy (non-hydrogen) atoms. The Morgan fingerprint density at radius 2 is 2.20 bits per heavy atom. The van der Waals surface area contributed by atoms with E-state index in [9.17, 15) is 0 Å². The molecule has 0 saturated carbocycles. The molecule has 1 heteroatoms. The van der Waals surface area contributed by atoms with E-state index in [4.69, 9.17) is 0 Å². The van der Waals surface area contributed by atoms with Gasteiger partial charge in [-0.05, 0) is 17.7 Å². The summed E-state index contributed by atoms with van der Waals surface area (Å²) >= 11 is 4.05. The molecule has 0 radical (unpaired) electrons. The van der Waals surface area contributed by atoms with Crippen LogP contribution in [0.25, 0.3) is 0 Å². The van der Waals surface area contributed by atoms with E-state index >= 15 is 0 Å². The van der Waals surface area contributed by atoms with Crippen LogP contribution in [0, 0.1) is 0 Å². The van der Waals surface area contributed by atoms with Gasteiger partial charge in [0.15, 0.2) is 0 Å². The molecule has 0 bridgehead atoms. The van der Waals surface area contributed by atoms with Gasteiger partial charge in [-0.3, -0.25) is 0 Å². The second-order valence-corrected chi connectivity index (χ2v) is 1.81. The average Bonchev–Trinajstić information content (AvgIpc) is 1.30. The molecule has 28 valence electrons. The second kappa shape index (κ2) is 1.05. The zero-order valence-corrected chi connectivity index (χ0v) is 3.83. The summed E-state index contributed by atoms with van der Waals surface area (Å²) in [5, 5.41) is 0. The molecule has 0 atom stereocenters. The van der Waals surface area contributed by atoms with Crippen molar-refractivity contribution < 1.29 is 0 Å². The highest BCUT2D eigenvalue weighted by Gasteiger charge is 1.95. The molecule has 0 saturated heterocycles. The molecule has 0 heterocycles. The molecule has 0 aromatic carbocycles. The monoisotopic (exact) mass is 86.0 g/mol. The molecule has 0 aliphatic heterocycles. The lowest BCUT2D eigenvalue weighted by Gasteiger charge is -2.03. The summed E-state index contributed by atoms with van der Waals surface area (Å²) in [6, 6.07) is 0. The van der Waals surface area contributed by atoms with E-state index in [0.717, 1.165) is 0 Å². The van der Waals surface area contributed by atoms with Crippen LogP contribution in [0.2, 0.25) is 0 Å². The van der Waals surface area contributed by atoms with E-state index in [1.807, 2.05) is 0 Å². The lowest BCUT2D eigenvalue weighted by molar-refractivity contribution is 0.944. The number of hydrogen-bond acceptors (Lipinski definition) is 1. The zero-order chi connectivity index (χ0) is 3.70. The molecule has 0 fully saturated rings. The van der Waals surface area contributed by atoms with Crippen molar-refractivity contribution in [3.63, 3.8) is 0 Å². The quantitative estimate of drug-likeness (QED) is 0.425. The smallest absolute Gasteiger partial charge is 0.0189 e. The van der Waals surface area contributed by atoms with Gasteiger partial charge in [0.2, 0.25) is 0 Å². The van der Waals surface area contributed by atoms with E-state index in [1.165, 1.54) is 17.7 Å². The summed E-state index contributed by atoms with van der Waals surface area (Å²) in [4.78, 5) is 1.25.